The highest BCUT2D eigenvalue weighted by molar-refractivity contribution is 5.52. The monoisotopic (exact) mass is 348 g/mol. The summed E-state index contributed by atoms with van der Waals surface area (Å²) in [7, 11) is 2.06. The van der Waals surface area contributed by atoms with Gasteiger partial charge in [0.25, 0.3) is 0 Å². The summed E-state index contributed by atoms with van der Waals surface area (Å²) in [6.45, 7) is 3.17. The van der Waals surface area contributed by atoms with E-state index in [2.05, 4.69) is 48.9 Å². The van der Waals surface area contributed by atoms with E-state index in [1.807, 2.05) is 36.9 Å². The highest BCUT2D eigenvalue weighted by atomic mass is 15.2. The van der Waals surface area contributed by atoms with Crippen molar-refractivity contribution >= 4 is 11.6 Å². The van der Waals surface area contributed by atoms with E-state index < -0.39 is 0 Å². The average Bonchev–Trinajstić information content (AvgIpc) is 3.08. The first kappa shape index (κ1) is 16.7. The van der Waals surface area contributed by atoms with Crippen LogP contribution in [-0.4, -0.2) is 37.5 Å². The lowest BCUT2D eigenvalue weighted by Crippen LogP contribution is -2.34. The molecule has 26 heavy (non-hydrogen) atoms. The van der Waals surface area contributed by atoms with Crippen LogP contribution in [0.15, 0.2) is 55.2 Å². The maximum absolute atomic E-state index is 4.44. The number of hydrogen-bond donors (Lipinski definition) is 1. The Morgan fingerprint density at radius 1 is 1.15 bits per heavy atom. The van der Waals surface area contributed by atoms with Gasteiger partial charge < -0.3 is 9.88 Å². The van der Waals surface area contributed by atoms with Crippen LogP contribution in [0.4, 0.5) is 11.6 Å². The molecule has 1 aliphatic rings. The van der Waals surface area contributed by atoms with Crippen LogP contribution >= 0.6 is 0 Å². The van der Waals surface area contributed by atoms with Gasteiger partial charge in [-0.1, -0.05) is 6.07 Å². The smallest absolute Gasteiger partial charge is 0.131 e. The van der Waals surface area contributed by atoms with Crippen molar-refractivity contribution in [1.82, 2.24) is 24.4 Å². The quantitative estimate of drug-likeness (QED) is 0.766. The lowest BCUT2D eigenvalue weighted by atomic mass is 9.91. The van der Waals surface area contributed by atoms with Gasteiger partial charge in [0.1, 0.15) is 11.6 Å². The third-order valence-corrected chi connectivity index (χ3v) is 4.98. The van der Waals surface area contributed by atoms with Gasteiger partial charge in [-0.2, -0.15) is 0 Å². The summed E-state index contributed by atoms with van der Waals surface area (Å²) < 4.78 is 2.10. The minimum absolute atomic E-state index is 0.532. The third kappa shape index (κ3) is 3.91. The lowest BCUT2D eigenvalue weighted by Gasteiger charge is -2.33. The number of nitrogens with one attached hydrogen (secondary N) is 1. The molecular weight excluding hydrogens is 324 g/mol. The molecule has 3 aromatic heterocycles. The van der Waals surface area contributed by atoms with Crippen LogP contribution in [0.2, 0.25) is 0 Å². The summed E-state index contributed by atoms with van der Waals surface area (Å²) >= 11 is 0. The SMILES string of the molecule is Cn1cncc1CN1CCCC(c2ccnc(Nc3ccccn3)c2)C1. The fourth-order valence-electron chi connectivity index (χ4n) is 3.57. The van der Waals surface area contributed by atoms with E-state index in [4.69, 9.17) is 0 Å². The molecule has 0 spiro atoms. The van der Waals surface area contributed by atoms with Gasteiger partial charge in [-0.25, -0.2) is 15.0 Å². The predicted molar refractivity (Wildman–Crippen MR) is 102 cm³/mol. The maximum atomic E-state index is 4.44. The molecule has 1 aliphatic heterocycles. The molecule has 1 N–H and O–H groups in total. The molecule has 0 radical (unpaired) electrons. The lowest BCUT2D eigenvalue weighted by molar-refractivity contribution is 0.196. The summed E-state index contributed by atoms with van der Waals surface area (Å²) in [5.41, 5.74) is 2.60. The van der Waals surface area contributed by atoms with Crippen molar-refractivity contribution in [2.75, 3.05) is 18.4 Å². The molecule has 134 valence electrons. The summed E-state index contributed by atoms with van der Waals surface area (Å²) in [6.07, 6.45) is 9.94. The Hall–Kier alpha value is -2.73. The zero-order chi connectivity index (χ0) is 17.8. The van der Waals surface area contributed by atoms with E-state index in [0.717, 1.165) is 31.3 Å². The Balaban J connectivity index is 1.45. The molecule has 6 nitrogen and oxygen atoms in total. The van der Waals surface area contributed by atoms with Crippen LogP contribution in [0, 0.1) is 0 Å². The van der Waals surface area contributed by atoms with Crippen molar-refractivity contribution in [1.29, 1.82) is 0 Å². The van der Waals surface area contributed by atoms with Gasteiger partial charge in [-0.15, -0.1) is 0 Å². The standard InChI is InChI=1S/C20H24N6/c1-25-15-21-12-18(25)14-26-10-4-5-17(13-26)16-7-9-23-20(11-16)24-19-6-2-3-8-22-19/h2-3,6-9,11-12,15,17H,4-5,10,13-14H2,1H3,(H,22,23,24). The molecule has 0 bridgehead atoms. The number of aryl methyl sites for hydroxylation is 1. The molecule has 1 saturated heterocycles. The van der Waals surface area contributed by atoms with E-state index >= 15 is 0 Å². The number of aromatic nitrogens is 4. The predicted octanol–water partition coefficient (Wildman–Crippen LogP) is 3.33. The van der Waals surface area contributed by atoms with Crippen molar-refractivity contribution in [3.8, 4) is 0 Å². The fourth-order valence-corrected chi connectivity index (χ4v) is 3.57. The van der Waals surface area contributed by atoms with Crippen molar-refractivity contribution in [2.24, 2.45) is 7.05 Å². The van der Waals surface area contributed by atoms with Crippen LogP contribution < -0.4 is 5.32 Å². The van der Waals surface area contributed by atoms with Gasteiger partial charge in [0.05, 0.1) is 12.0 Å². The zero-order valence-corrected chi connectivity index (χ0v) is 15.0. The average molecular weight is 348 g/mol. The Morgan fingerprint density at radius 3 is 2.88 bits per heavy atom. The van der Waals surface area contributed by atoms with Crippen molar-refractivity contribution in [2.45, 2.75) is 25.3 Å². The van der Waals surface area contributed by atoms with Crippen LogP contribution in [0.5, 0.6) is 0 Å². The third-order valence-electron chi connectivity index (χ3n) is 4.98. The Labute approximate surface area is 153 Å². The normalized spacial score (nSPS) is 18.0. The van der Waals surface area contributed by atoms with Gasteiger partial charge in [-0.3, -0.25) is 4.90 Å². The minimum Gasteiger partial charge on any atom is -0.337 e. The Morgan fingerprint density at radius 2 is 2.08 bits per heavy atom. The molecule has 0 aromatic carbocycles. The molecule has 6 heteroatoms. The first-order valence-corrected chi connectivity index (χ1v) is 9.09. The second-order valence-electron chi connectivity index (χ2n) is 6.88. The van der Waals surface area contributed by atoms with E-state index in [1.165, 1.54) is 24.1 Å². The van der Waals surface area contributed by atoms with Gasteiger partial charge in [-0.05, 0) is 55.1 Å². The number of imidazole rings is 1. The number of nitrogens with zero attached hydrogens (tertiary/aromatic N) is 5. The maximum Gasteiger partial charge on any atom is 0.131 e. The number of pyridine rings is 2. The summed E-state index contributed by atoms with van der Waals surface area (Å²) in [6, 6.07) is 10.1. The largest absolute Gasteiger partial charge is 0.337 e. The highest BCUT2D eigenvalue weighted by Gasteiger charge is 2.22. The van der Waals surface area contributed by atoms with Gasteiger partial charge in [0.2, 0.25) is 0 Å². The van der Waals surface area contributed by atoms with E-state index in [-0.39, 0.29) is 0 Å². The minimum atomic E-state index is 0.532. The van der Waals surface area contributed by atoms with E-state index in [0.29, 0.717) is 5.92 Å². The molecule has 1 unspecified atom stereocenters. The second kappa shape index (κ2) is 7.66. The molecule has 0 amide bonds. The fraction of sp³-hybridized carbons (Fsp3) is 0.350. The molecule has 1 atom stereocenters. The van der Waals surface area contributed by atoms with Crippen molar-refractivity contribution in [3.05, 3.63) is 66.5 Å². The first-order valence-electron chi connectivity index (χ1n) is 9.09. The van der Waals surface area contributed by atoms with Crippen LogP contribution in [0.1, 0.15) is 30.0 Å². The van der Waals surface area contributed by atoms with Gasteiger partial charge in [0, 0.05) is 38.7 Å². The van der Waals surface area contributed by atoms with Gasteiger partial charge >= 0.3 is 0 Å². The van der Waals surface area contributed by atoms with Crippen LogP contribution in [-0.2, 0) is 13.6 Å². The molecule has 0 saturated carbocycles. The highest BCUT2D eigenvalue weighted by Crippen LogP contribution is 2.29. The summed E-state index contributed by atoms with van der Waals surface area (Å²) in [5.74, 6) is 2.20. The topological polar surface area (TPSA) is 58.9 Å². The molecule has 0 aliphatic carbocycles. The summed E-state index contributed by atoms with van der Waals surface area (Å²) in [4.78, 5) is 15.5. The zero-order valence-electron chi connectivity index (χ0n) is 15.0. The Bertz CT molecular complexity index is 844. The van der Waals surface area contributed by atoms with Crippen molar-refractivity contribution in [3.63, 3.8) is 0 Å². The molecule has 4 heterocycles. The molecular formula is C20H24N6. The van der Waals surface area contributed by atoms with E-state index in [9.17, 15) is 0 Å². The second-order valence-corrected chi connectivity index (χ2v) is 6.88. The van der Waals surface area contributed by atoms with Crippen LogP contribution in [0.25, 0.3) is 0 Å². The van der Waals surface area contributed by atoms with E-state index in [1.54, 1.807) is 6.20 Å². The first-order chi connectivity index (χ1) is 12.8. The van der Waals surface area contributed by atoms with Crippen molar-refractivity contribution < 1.29 is 0 Å². The molecule has 1 fully saturated rings. The number of piperidine rings is 1. The number of anilines is 2. The number of likely N-dealkylation sites (tertiary alicyclic amines) is 1. The van der Waals surface area contributed by atoms with Crippen LogP contribution in [0.3, 0.4) is 0 Å². The molecule has 3 aromatic rings. The number of hydrogen-bond acceptors (Lipinski definition) is 5. The molecule has 4 rings (SSSR count). The van der Waals surface area contributed by atoms with Gasteiger partial charge in [0.15, 0.2) is 0 Å². The Kier molecular flexibility index (Phi) is 4.93. The number of rotatable bonds is 5. The summed E-state index contributed by atoms with van der Waals surface area (Å²) in [5, 5.41) is 3.29.